The van der Waals surface area contributed by atoms with E-state index in [1.165, 1.54) is 0 Å². The summed E-state index contributed by atoms with van der Waals surface area (Å²) >= 11 is 0. The summed E-state index contributed by atoms with van der Waals surface area (Å²) in [5.41, 5.74) is 2.48. The average Bonchev–Trinajstić information content (AvgIpc) is 2.83. The molecule has 0 saturated heterocycles. The third kappa shape index (κ3) is 5.63. The number of nitrogens with zero attached hydrogens (tertiary/aromatic N) is 2. The van der Waals surface area contributed by atoms with Crippen LogP contribution in [0, 0.1) is 6.92 Å². The summed E-state index contributed by atoms with van der Waals surface area (Å²) in [6.45, 7) is 5.27. The van der Waals surface area contributed by atoms with Crippen LogP contribution in [0.15, 0.2) is 36.5 Å². The zero-order chi connectivity index (χ0) is 23.2. The minimum atomic E-state index is -0.336. The second-order valence-corrected chi connectivity index (χ2v) is 8.41. The fraction of sp³-hybridized carbons (Fsp3) is 0.480. The number of fused-ring (bicyclic) bond motifs is 1. The number of hydrogen-bond acceptors (Lipinski definition) is 7. The Kier molecular flexibility index (Phi) is 7.44. The lowest BCUT2D eigenvalue weighted by Gasteiger charge is -2.32. The number of pyridine rings is 1. The summed E-state index contributed by atoms with van der Waals surface area (Å²) < 4.78 is 16.5. The number of carbonyl (C=O) groups excluding carboxylic acids is 2. The molecule has 2 aliphatic rings. The molecule has 4 rings (SSSR count). The molecule has 8 heteroatoms. The molecule has 8 nitrogen and oxygen atoms in total. The number of hydrogen-bond donors (Lipinski definition) is 1. The van der Waals surface area contributed by atoms with E-state index < -0.39 is 0 Å². The number of anilines is 2. The smallest absolute Gasteiger partial charge is 0.332 e. The van der Waals surface area contributed by atoms with Crippen molar-refractivity contribution < 1.29 is 23.8 Å². The molecule has 176 valence electrons. The van der Waals surface area contributed by atoms with Gasteiger partial charge in [0.05, 0.1) is 30.5 Å². The maximum atomic E-state index is 13.1. The van der Waals surface area contributed by atoms with Gasteiger partial charge in [0.1, 0.15) is 19.0 Å². The molecule has 0 spiro atoms. The van der Waals surface area contributed by atoms with Gasteiger partial charge in [-0.05, 0) is 63.3 Å². The van der Waals surface area contributed by atoms with Gasteiger partial charge in [-0.2, -0.15) is 0 Å². The van der Waals surface area contributed by atoms with Crippen LogP contribution in [-0.4, -0.2) is 55.4 Å². The largest absolute Gasteiger partial charge is 0.489 e. The minimum Gasteiger partial charge on any atom is -0.489 e. The van der Waals surface area contributed by atoms with Crippen LogP contribution in [0.4, 0.5) is 11.5 Å². The molecular weight excluding hydrogens is 422 g/mol. The molecule has 1 saturated carbocycles. The Balaban J connectivity index is 1.37. The average molecular weight is 454 g/mol. The first kappa shape index (κ1) is 23.0. The summed E-state index contributed by atoms with van der Waals surface area (Å²) in [7, 11) is 0. The first-order valence-electron chi connectivity index (χ1n) is 11.6. The molecule has 0 atom stereocenters. The Morgan fingerprint density at radius 2 is 2.00 bits per heavy atom. The number of nitrogens with one attached hydrogen (secondary N) is 1. The number of aryl methyl sites for hydroxylation is 1. The van der Waals surface area contributed by atoms with Gasteiger partial charge >= 0.3 is 5.97 Å². The van der Waals surface area contributed by atoms with Crippen molar-refractivity contribution in [3.05, 3.63) is 47.7 Å². The molecule has 0 unspecified atom stereocenters. The Labute approximate surface area is 194 Å². The van der Waals surface area contributed by atoms with E-state index >= 15 is 0 Å². The second kappa shape index (κ2) is 10.7. The highest BCUT2D eigenvalue weighted by Crippen LogP contribution is 2.38. The van der Waals surface area contributed by atoms with E-state index in [0.717, 1.165) is 42.8 Å². The van der Waals surface area contributed by atoms with Crippen LogP contribution < -0.4 is 15.0 Å². The Morgan fingerprint density at radius 1 is 1.18 bits per heavy atom. The molecule has 1 fully saturated rings. The third-order valence-corrected chi connectivity index (χ3v) is 6.01. The summed E-state index contributed by atoms with van der Waals surface area (Å²) in [4.78, 5) is 31.2. The van der Waals surface area contributed by atoms with Gasteiger partial charge in [-0.25, -0.2) is 9.78 Å². The van der Waals surface area contributed by atoms with E-state index in [1.807, 2.05) is 37.4 Å². The van der Waals surface area contributed by atoms with Gasteiger partial charge < -0.3 is 24.4 Å². The molecule has 2 aromatic rings. The fourth-order valence-corrected chi connectivity index (χ4v) is 4.31. The standard InChI is InChI=1S/C25H31N3O5/c1-3-31-23(29)16-33-19-10-8-18(9-11-19)27-25(30)20-5-4-6-21-24(20)32-14-13-28(21)22-12-7-17(2)15-26-22/h4-7,12,15,18-19H,3,8-11,13-14,16H2,1-2H3,(H,27,30). The van der Waals surface area contributed by atoms with Crippen molar-refractivity contribution >= 4 is 23.4 Å². The molecule has 1 amide bonds. The molecule has 1 aromatic carbocycles. The lowest BCUT2D eigenvalue weighted by molar-refractivity contribution is -0.151. The number of ether oxygens (including phenoxy) is 3. The van der Waals surface area contributed by atoms with E-state index in [-0.39, 0.29) is 30.6 Å². The van der Waals surface area contributed by atoms with Crippen LogP contribution in [0.2, 0.25) is 0 Å². The van der Waals surface area contributed by atoms with Crippen LogP contribution in [-0.2, 0) is 14.3 Å². The Hall–Kier alpha value is -3.13. The topological polar surface area (TPSA) is 90.0 Å². The van der Waals surface area contributed by atoms with Crippen molar-refractivity contribution in [2.75, 3.05) is 31.3 Å². The van der Waals surface area contributed by atoms with Crippen molar-refractivity contribution in [3.63, 3.8) is 0 Å². The first-order valence-corrected chi connectivity index (χ1v) is 11.6. The highest BCUT2D eigenvalue weighted by atomic mass is 16.6. The van der Waals surface area contributed by atoms with E-state index in [4.69, 9.17) is 14.2 Å². The monoisotopic (exact) mass is 453 g/mol. The molecule has 1 N–H and O–H groups in total. The van der Waals surface area contributed by atoms with Crippen LogP contribution in [0.5, 0.6) is 5.75 Å². The van der Waals surface area contributed by atoms with E-state index in [2.05, 4.69) is 15.2 Å². The second-order valence-electron chi connectivity index (χ2n) is 8.41. The number of rotatable bonds is 7. The van der Waals surface area contributed by atoms with Gasteiger partial charge in [-0.15, -0.1) is 0 Å². The highest BCUT2D eigenvalue weighted by Gasteiger charge is 2.28. The maximum absolute atomic E-state index is 13.1. The zero-order valence-corrected chi connectivity index (χ0v) is 19.2. The van der Waals surface area contributed by atoms with Crippen molar-refractivity contribution in [2.45, 2.75) is 51.7 Å². The van der Waals surface area contributed by atoms with Gasteiger partial charge in [-0.1, -0.05) is 12.1 Å². The molecule has 2 heterocycles. The molecule has 1 aliphatic heterocycles. The van der Waals surface area contributed by atoms with Gasteiger partial charge in [0.15, 0.2) is 5.75 Å². The quantitative estimate of drug-likeness (QED) is 0.641. The van der Waals surface area contributed by atoms with E-state index in [9.17, 15) is 9.59 Å². The van der Waals surface area contributed by atoms with Gasteiger partial charge in [0, 0.05) is 12.2 Å². The molecule has 1 aromatic heterocycles. The van der Waals surface area contributed by atoms with Gasteiger partial charge in [0.25, 0.3) is 5.91 Å². The van der Waals surface area contributed by atoms with Gasteiger partial charge in [0.2, 0.25) is 0 Å². The number of aromatic nitrogens is 1. The molecule has 1 aliphatic carbocycles. The van der Waals surface area contributed by atoms with Crippen molar-refractivity contribution in [1.29, 1.82) is 0 Å². The SMILES string of the molecule is CCOC(=O)COC1CCC(NC(=O)c2cccc3c2OCCN3c2ccc(C)cn2)CC1. The number of para-hydroxylation sites is 1. The lowest BCUT2D eigenvalue weighted by atomic mass is 9.92. The summed E-state index contributed by atoms with van der Waals surface area (Å²) in [5.74, 6) is 0.956. The number of carbonyl (C=O) groups is 2. The lowest BCUT2D eigenvalue weighted by Crippen LogP contribution is -2.40. The normalized spacial score (nSPS) is 19.9. The summed E-state index contributed by atoms with van der Waals surface area (Å²) in [6, 6.07) is 9.71. The Morgan fingerprint density at radius 3 is 2.73 bits per heavy atom. The van der Waals surface area contributed by atoms with E-state index in [1.54, 1.807) is 13.0 Å². The van der Waals surface area contributed by atoms with Gasteiger partial charge in [-0.3, -0.25) is 4.79 Å². The third-order valence-electron chi connectivity index (χ3n) is 6.01. The van der Waals surface area contributed by atoms with Crippen molar-refractivity contribution in [1.82, 2.24) is 10.3 Å². The predicted octanol–water partition coefficient (Wildman–Crippen LogP) is 3.54. The van der Waals surface area contributed by atoms with Crippen LogP contribution in [0.25, 0.3) is 0 Å². The number of benzene rings is 1. The van der Waals surface area contributed by atoms with Crippen LogP contribution in [0.1, 0.15) is 48.5 Å². The predicted molar refractivity (Wildman–Crippen MR) is 124 cm³/mol. The molecule has 0 radical (unpaired) electrons. The molecule has 33 heavy (non-hydrogen) atoms. The van der Waals surface area contributed by atoms with E-state index in [0.29, 0.717) is 31.1 Å². The fourth-order valence-electron chi connectivity index (χ4n) is 4.31. The number of esters is 1. The minimum absolute atomic E-state index is 0.0185. The highest BCUT2D eigenvalue weighted by molar-refractivity contribution is 5.99. The molecular formula is C25H31N3O5. The summed E-state index contributed by atoms with van der Waals surface area (Å²) in [5, 5.41) is 3.15. The zero-order valence-electron chi connectivity index (χ0n) is 19.2. The molecule has 0 bridgehead atoms. The van der Waals surface area contributed by atoms with Crippen LogP contribution in [0.3, 0.4) is 0 Å². The van der Waals surface area contributed by atoms with Crippen LogP contribution >= 0.6 is 0 Å². The number of amides is 1. The maximum Gasteiger partial charge on any atom is 0.332 e. The Bertz CT molecular complexity index is 971. The van der Waals surface area contributed by atoms with Crippen molar-refractivity contribution in [2.24, 2.45) is 0 Å². The van der Waals surface area contributed by atoms with Crippen molar-refractivity contribution in [3.8, 4) is 5.75 Å². The first-order chi connectivity index (χ1) is 16.0. The summed E-state index contributed by atoms with van der Waals surface area (Å²) in [6.07, 6.45) is 5.05.